The quantitative estimate of drug-likeness (QED) is 0.878. The molecule has 1 unspecified atom stereocenters. The van der Waals surface area contributed by atoms with Crippen molar-refractivity contribution in [3.05, 3.63) is 23.2 Å². The summed E-state index contributed by atoms with van der Waals surface area (Å²) in [5, 5.41) is 4.19. The standard InChI is InChI=1S/C13H19ClN2O/c1-10-9-15-6-3-7-16(10)12-8-11(14)4-5-13(12)17-2/h4-5,8,10,15H,3,6-7,9H2,1-2H3. The summed E-state index contributed by atoms with van der Waals surface area (Å²) in [6.07, 6.45) is 1.14. The van der Waals surface area contributed by atoms with Crippen LogP contribution in [0.25, 0.3) is 0 Å². The van der Waals surface area contributed by atoms with E-state index in [1.165, 1.54) is 0 Å². The van der Waals surface area contributed by atoms with Crippen LogP contribution in [0.4, 0.5) is 5.69 Å². The second-order valence-corrected chi connectivity index (χ2v) is 4.85. The van der Waals surface area contributed by atoms with E-state index < -0.39 is 0 Å². The summed E-state index contributed by atoms with van der Waals surface area (Å²) in [4.78, 5) is 2.37. The summed E-state index contributed by atoms with van der Waals surface area (Å²) in [6.45, 7) is 5.32. The summed E-state index contributed by atoms with van der Waals surface area (Å²) in [5.74, 6) is 0.892. The Kier molecular flexibility index (Phi) is 4.13. The van der Waals surface area contributed by atoms with Gasteiger partial charge in [0.15, 0.2) is 0 Å². The first-order valence-corrected chi connectivity index (χ1v) is 6.41. The van der Waals surface area contributed by atoms with Crippen molar-refractivity contribution >= 4 is 17.3 Å². The maximum Gasteiger partial charge on any atom is 0.142 e. The van der Waals surface area contributed by atoms with Crippen molar-refractivity contribution in [1.82, 2.24) is 5.32 Å². The lowest BCUT2D eigenvalue weighted by atomic mass is 10.2. The Balaban J connectivity index is 2.32. The van der Waals surface area contributed by atoms with Crippen molar-refractivity contribution in [3.63, 3.8) is 0 Å². The number of hydrogen-bond donors (Lipinski definition) is 1. The van der Waals surface area contributed by atoms with Gasteiger partial charge in [-0.1, -0.05) is 11.6 Å². The van der Waals surface area contributed by atoms with E-state index in [9.17, 15) is 0 Å². The van der Waals surface area contributed by atoms with Gasteiger partial charge in [-0.05, 0) is 38.1 Å². The number of benzene rings is 1. The van der Waals surface area contributed by atoms with Crippen LogP contribution in [-0.2, 0) is 0 Å². The Hall–Kier alpha value is -0.930. The van der Waals surface area contributed by atoms with Gasteiger partial charge in [-0.2, -0.15) is 0 Å². The van der Waals surface area contributed by atoms with Crippen LogP contribution in [0.3, 0.4) is 0 Å². The molecule has 1 atom stereocenters. The first-order valence-electron chi connectivity index (χ1n) is 6.03. The van der Waals surface area contributed by atoms with E-state index in [1.54, 1.807) is 7.11 Å². The molecule has 0 radical (unpaired) electrons. The van der Waals surface area contributed by atoms with Crippen molar-refractivity contribution in [3.8, 4) is 5.75 Å². The lowest BCUT2D eigenvalue weighted by molar-refractivity contribution is 0.413. The lowest BCUT2D eigenvalue weighted by Crippen LogP contribution is -2.37. The van der Waals surface area contributed by atoms with Crippen LogP contribution in [-0.4, -0.2) is 32.8 Å². The summed E-state index contributed by atoms with van der Waals surface area (Å²) in [7, 11) is 1.70. The molecule has 0 amide bonds. The number of ether oxygens (including phenoxy) is 1. The Labute approximate surface area is 108 Å². The van der Waals surface area contributed by atoms with E-state index in [2.05, 4.69) is 17.1 Å². The van der Waals surface area contributed by atoms with Crippen LogP contribution < -0.4 is 15.0 Å². The number of halogens is 1. The normalized spacial score (nSPS) is 21.1. The van der Waals surface area contributed by atoms with Gasteiger partial charge in [-0.25, -0.2) is 0 Å². The van der Waals surface area contributed by atoms with Crippen LogP contribution in [0, 0.1) is 0 Å². The van der Waals surface area contributed by atoms with Gasteiger partial charge in [0, 0.05) is 24.2 Å². The molecule has 1 aliphatic rings. The highest BCUT2D eigenvalue weighted by Gasteiger charge is 2.20. The van der Waals surface area contributed by atoms with Crippen molar-refractivity contribution < 1.29 is 4.74 Å². The first kappa shape index (κ1) is 12.5. The Morgan fingerprint density at radius 3 is 3.06 bits per heavy atom. The summed E-state index contributed by atoms with van der Waals surface area (Å²) >= 11 is 6.08. The second-order valence-electron chi connectivity index (χ2n) is 4.42. The molecule has 0 saturated carbocycles. The lowest BCUT2D eigenvalue weighted by Gasteiger charge is -2.30. The van der Waals surface area contributed by atoms with Crippen LogP contribution in [0.5, 0.6) is 5.75 Å². The van der Waals surface area contributed by atoms with Gasteiger partial charge in [0.2, 0.25) is 0 Å². The van der Waals surface area contributed by atoms with E-state index in [4.69, 9.17) is 16.3 Å². The highest BCUT2D eigenvalue weighted by molar-refractivity contribution is 6.30. The monoisotopic (exact) mass is 254 g/mol. The van der Waals surface area contributed by atoms with E-state index >= 15 is 0 Å². The number of methoxy groups -OCH3 is 1. The minimum absolute atomic E-state index is 0.449. The first-order chi connectivity index (χ1) is 8.22. The fourth-order valence-electron chi connectivity index (χ4n) is 2.26. The topological polar surface area (TPSA) is 24.5 Å². The Bertz CT molecular complexity index is 384. The van der Waals surface area contributed by atoms with Crippen molar-refractivity contribution in [2.45, 2.75) is 19.4 Å². The molecule has 3 nitrogen and oxygen atoms in total. The number of nitrogens with zero attached hydrogens (tertiary/aromatic N) is 1. The van der Waals surface area contributed by atoms with Crippen LogP contribution in [0.15, 0.2) is 18.2 Å². The highest BCUT2D eigenvalue weighted by Crippen LogP contribution is 2.32. The number of hydrogen-bond acceptors (Lipinski definition) is 3. The van der Waals surface area contributed by atoms with Crippen LogP contribution in [0.1, 0.15) is 13.3 Å². The molecule has 1 N–H and O–H groups in total. The van der Waals surface area contributed by atoms with E-state index in [0.717, 1.165) is 42.5 Å². The predicted molar refractivity (Wildman–Crippen MR) is 72.3 cm³/mol. The number of anilines is 1. The van der Waals surface area contributed by atoms with Gasteiger partial charge in [0.05, 0.1) is 12.8 Å². The fourth-order valence-corrected chi connectivity index (χ4v) is 2.43. The van der Waals surface area contributed by atoms with Gasteiger partial charge in [-0.3, -0.25) is 0 Å². The maximum absolute atomic E-state index is 6.08. The third-order valence-electron chi connectivity index (χ3n) is 3.17. The van der Waals surface area contributed by atoms with Crippen LogP contribution >= 0.6 is 11.6 Å². The number of nitrogens with one attached hydrogen (secondary N) is 1. The van der Waals surface area contributed by atoms with Crippen molar-refractivity contribution in [1.29, 1.82) is 0 Å². The molecule has 1 fully saturated rings. The summed E-state index contributed by atoms with van der Waals surface area (Å²) in [5.41, 5.74) is 1.09. The zero-order valence-corrected chi connectivity index (χ0v) is 11.1. The van der Waals surface area contributed by atoms with Crippen molar-refractivity contribution in [2.75, 3.05) is 31.6 Å². The largest absolute Gasteiger partial charge is 0.495 e. The Morgan fingerprint density at radius 2 is 2.29 bits per heavy atom. The zero-order chi connectivity index (χ0) is 12.3. The minimum Gasteiger partial charge on any atom is -0.495 e. The molecule has 1 heterocycles. The number of rotatable bonds is 2. The second kappa shape index (κ2) is 5.61. The molecule has 4 heteroatoms. The molecule has 0 bridgehead atoms. The molecule has 0 spiro atoms. The van der Waals surface area contributed by atoms with E-state index in [1.807, 2.05) is 18.2 Å². The van der Waals surface area contributed by atoms with Gasteiger partial charge in [0.1, 0.15) is 5.75 Å². The molecule has 0 aromatic heterocycles. The summed E-state index contributed by atoms with van der Waals surface area (Å²) in [6, 6.07) is 6.24. The Morgan fingerprint density at radius 1 is 1.47 bits per heavy atom. The van der Waals surface area contributed by atoms with Crippen LogP contribution in [0.2, 0.25) is 5.02 Å². The van der Waals surface area contributed by atoms with Gasteiger partial charge >= 0.3 is 0 Å². The molecular formula is C13H19ClN2O. The molecule has 1 aliphatic heterocycles. The predicted octanol–water partition coefficient (Wildman–Crippen LogP) is 2.54. The smallest absolute Gasteiger partial charge is 0.142 e. The molecule has 2 rings (SSSR count). The van der Waals surface area contributed by atoms with Gasteiger partial charge in [-0.15, -0.1) is 0 Å². The average molecular weight is 255 g/mol. The molecule has 0 aliphatic carbocycles. The third kappa shape index (κ3) is 2.85. The molecular weight excluding hydrogens is 236 g/mol. The average Bonchev–Trinajstić information content (AvgIpc) is 2.54. The van der Waals surface area contributed by atoms with E-state index in [0.29, 0.717) is 6.04 Å². The van der Waals surface area contributed by atoms with E-state index in [-0.39, 0.29) is 0 Å². The van der Waals surface area contributed by atoms with Gasteiger partial charge < -0.3 is 15.0 Å². The molecule has 1 aromatic rings. The fraction of sp³-hybridized carbons (Fsp3) is 0.538. The molecule has 1 aromatic carbocycles. The van der Waals surface area contributed by atoms with Gasteiger partial charge in [0.25, 0.3) is 0 Å². The maximum atomic E-state index is 6.08. The minimum atomic E-state index is 0.449. The summed E-state index contributed by atoms with van der Waals surface area (Å²) < 4.78 is 5.42. The van der Waals surface area contributed by atoms with Crippen molar-refractivity contribution in [2.24, 2.45) is 0 Å². The highest BCUT2D eigenvalue weighted by atomic mass is 35.5. The molecule has 17 heavy (non-hydrogen) atoms. The zero-order valence-electron chi connectivity index (χ0n) is 10.4. The molecule has 94 valence electrons. The SMILES string of the molecule is COc1ccc(Cl)cc1N1CCCNCC1C. The third-order valence-corrected chi connectivity index (χ3v) is 3.41. The molecule has 1 saturated heterocycles.